The molecule has 4 nitrogen and oxygen atoms in total. The Kier molecular flexibility index (Phi) is 6.42. The fourth-order valence-electron chi connectivity index (χ4n) is 2.22. The maximum absolute atomic E-state index is 12.1. The van der Waals surface area contributed by atoms with Crippen LogP contribution in [0, 0.1) is 26.7 Å². The molecule has 1 atom stereocenters. The van der Waals surface area contributed by atoms with E-state index in [0.29, 0.717) is 19.6 Å². The van der Waals surface area contributed by atoms with Crippen LogP contribution in [0.2, 0.25) is 0 Å². The number of benzene rings is 1. The van der Waals surface area contributed by atoms with Gasteiger partial charge >= 0.3 is 0 Å². The summed E-state index contributed by atoms with van der Waals surface area (Å²) < 4.78 is 5.79. The van der Waals surface area contributed by atoms with Crippen molar-refractivity contribution in [2.75, 3.05) is 13.2 Å². The highest BCUT2D eigenvalue weighted by atomic mass is 16.5. The summed E-state index contributed by atoms with van der Waals surface area (Å²) in [5.41, 5.74) is 8.91. The molecule has 0 bridgehead atoms. The first-order valence-corrected chi connectivity index (χ1v) is 7.91. The minimum Gasteiger partial charge on any atom is -0.493 e. The van der Waals surface area contributed by atoms with Crippen LogP contribution in [-0.4, -0.2) is 24.6 Å². The van der Waals surface area contributed by atoms with Gasteiger partial charge in [0.05, 0.1) is 18.6 Å². The molecule has 1 unspecified atom stereocenters. The van der Waals surface area contributed by atoms with E-state index in [-0.39, 0.29) is 17.4 Å². The number of amides is 1. The van der Waals surface area contributed by atoms with E-state index < -0.39 is 0 Å². The van der Waals surface area contributed by atoms with E-state index in [1.807, 2.05) is 26.8 Å². The molecule has 1 rings (SSSR count). The molecule has 0 saturated carbocycles. The van der Waals surface area contributed by atoms with E-state index in [1.165, 1.54) is 5.56 Å². The summed E-state index contributed by atoms with van der Waals surface area (Å²) in [6.07, 6.45) is 0.328. The van der Waals surface area contributed by atoms with Gasteiger partial charge in [-0.15, -0.1) is 0 Å². The van der Waals surface area contributed by atoms with E-state index >= 15 is 0 Å². The first kappa shape index (κ1) is 18.5. The summed E-state index contributed by atoms with van der Waals surface area (Å²) in [7, 11) is 0. The van der Waals surface area contributed by atoms with Gasteiger partial charge < -0.3 is 15.8 Å². The van der Waals surface area contributed by atoms with Crippen molar-refractivity contribution in [1.82, 2.24) is 5.32 Å². The quantitative estimate of drug-likeness (QED) is 0.814. The largest absolute Gasteiger partial charge is 0.493 e. The predicted octanol–water partition coefficient (Wildman–Crippen LogP) is 2.87. The minimum atomic E-state index is -0.368. The third-order valence-corrected chi connectivity index (χ3v) is 4.47. The average molecular weight is 306 g/mol. The number of ether oxygens (including phenoxy) is 1. The Hall–Kier alpha value is -1.55. The number of carbonyl (C=O) groups excluding carboxylic acids is 1. The standard InChI is InChI=1S/C18H30N2O2/c1-12(2)18(6,11-19)20-17(21)7-8-22-16-10-13(3)9-14(4)15(16)5/h9-10,12H,7-8,11,19H2,1-6H3,(H,20,21). The second-order valence-corrected chi connectivity index (χ2v) is 6.63. The van der Waals surface area contributed by atoms with E-state index in [0.717, 1.165) is 16.9 Å². The molecular formula is C18H30N2O2. The smallest absolute Gasteiger partial charge is 0.223 e. The van der Waals surface area contributed by atoms with E-state index in [9.17, 15) is 4.79 Å². The highest BCUT2D eigenvalue weighted by Gasteiger charge is 2.28. The number of carbonyl (C=O) groups is 1. The molecule has 0 heterocycles. The highest BCUT2D eigenvalue weighted by Crippen LogP contribution is 2.23. The Morgan fingerprint density at radius 1 is 1.32 bits per heavy atom. The highest BCUT2D eigenvalue weighted by molar-refractivity contribution is 5.77. The van der Waals surface area contributed by atoms with E-state index in [4.69, 9.17) is 10.5 Å². The Bertz CT molecular complexity index is 526. The molecule has 0 aliphatic rings. The van der Waals surface area contributed by atoms with Gasteiger partial charge in [0.25, 0.3) is 0 Å². The molecule has 0 aliphatic heterocycles. The lowest BCUT2D eigenvalue weighted by molar-refractivity contribution is -0.123. The van der Waals surface area contributed by atoms with Crippen LogP contribution in [0.25, 0.3) is 0 Å². The SMILES string of the molecule is Cc1cc(C)c(C)c(OCCC(=O)NC(C)(CN)C(C)C)c1. The number of nitrogens with two attached hydrogens (primary N) is 1. The Balaban J connectivity index is 2.56. The number of hydrogen-bond acceptors (Lipinski definition) is 3. The van der Waals surface area contributed by atoms with Crippen molar-refractivity contribution in [1.29, 1.82) is 0 Å². The van der Waals surface area contributed by atoms with Gasteiger partial charge in [0.2, 0.25) is 5.91 Å². The molecule has 3 N–H and O–H groups in total. The molecule has 124 valence electrons. The lowest BCUT2D eigenvalue weighted by Crippen LogP contribution is -2.55. The van der Waals surface area contributed by atoms with Gasteiger partial charge in [-0.25, -0.2) is 0 Å². The predicted molar refractivity (Wildman–Crippen MR) is 91.2 cm³/mol. The summed E-state index contributed by atoms with van der Waals surface area (Å²) in [6.45, 7) is 13.0. The number of hydrogen-bond donors (Lipinski definition) is 2. The summed E-state index contributed by atoms with van der Waals surface area (Å²) in [5.74, 6) is 1.11. The van der Waals surface area contributed by atoms with Gasteiger partial charge in [-0.1, -0.05) is 19.9 Å². The Morgan fingerprint density at radius 2 is 1.95 bits per heavy atom. The zero-order valence-electron chi connectivity index (χ0n) is 14.7. The molecule has 0 saturated heterocycles. The van der Waals surface area contributed by atoms with Crippen LogP contribution in [0.1, 0.15) is 43.9 Å². The van der Waals surface area contributed by atoms with Gasteiger partial charge in [-0.2, -0.15) is 0 Å². The summed E-state index contributed by atoms with van der Waals surface area (Å²) in [6, 6.07) is 4.14. The van der Waals surface area contributed by atoms with Gasteiger partial charge in [-0.3, -0.25) is 4.79 Å². The number of rotatable bonds is 7. The maximum atomic E-state index is 12.1. The number of aryl methyl sites for hydroxylation is 2. The van der Waals surface area contributed by atoms with Crippen LogP contribution >= 0.6 is 0 Å². The van der Waals surface area contributed by atoms with Crippen LogP contribution in [-0.2, 0) is 4.79 Å². The van der Waals surface area contributed by atoms with Crippen molar-refractivity contribution in [2.45, 2.75) is 53.5 Å². The molecule has 0 radical (unpaired) electrons. The molecule has 0 aliphatic carbocycles. The molecule has 0 fully saturated rings. The maximum Gasteiger partial charge on any atom is 0.223 e. The molecule has 4 heteroatoms. The van der Waals surface area contributed by atoms with Gasteiger partial charge in [0.15, 0.2) is 0 Å². The molecular weight excluding hydrogens is 276 g/mol. The molecule has 0 spiro atoms. The monoisotopic (exact) mass is 306 g/mol. The first-order chi connectivity index (χ1) is 10.2. The van der Waals surface area contributed by atoms with Crippen molar-refractivity contribution in [3.63, 3.8) is 0 Å². The third-order valence-electron chi connectivity index (χ3n) is 4.47. The zero-order valence-corrected chi connectivity index (χ0v) is 14.7. The van der Waals surface area contributed by atoms with Crippen LogP contribution < -0.4 is 15.8 Å². The summed E-state index contributed by atoms with van der Waals surface area (Å²) >= 11 is 0. The van der Waals surface area contributed by atoms with Crippen LogP contribution in [0.5, 0.6) is 5.75 Å². The van der Waals surface area contributed by atoms with E-state index in [1.54, 1.807) is 0 Å². The normalized spacial score (nSPS) is 13.8. The summed E-state index contributed by atoms with van der Waals surface area (Å²) in [4.78, 5) is 12.1. The van der Waals surface area contributed by atoms with Crippen LogP contribution in [0.15, 0.2) is 12.1 Å². The second kappa shape index (κ2) is 7.63. The molecule has 22 heavy (non-hydrogen) atoms. The van der Waals surface area contributed by atoms with Crippen molar-refractivity contribution < 1.29 is 9.53 Å². The van der Waals surface area contributed by atoms with Crippen molar-refractivity contribution in [3.05, 3.63) is 28.8 Å². The fraction of sp³-hybridized carbons (Fsp3) is 0.611. The van der Waals surface area contributed by atoms with Gasteiger partial charge in [0, 0.05) is 6.54 Å². The van der Waals surface area contributed by atoms with Crippen molar-refractivity contribution in [2.24, 2.45) is 11.7 Å². The lowest BCUT2D eigenvalue weighted by Gasteiger charge is -2.33. The number of nitrogens with one attached hydrogen (secondary N) is 1. The molecule has 1 aromatic carbocycles. The van der Waals surface area contributed by atoms with Gasteiger partial charge in [-0.05, 0) is 56.4 Å². The third kappa shape index (κ3) is 4.73. The van der Waals surface area contributed by atoms with Gasteiger partial charge in [0.1, 0.15) is 5.75 Å². The van der Waals surface area contributed by atoms with Crippen LogP contribution in [0.3, 0.4) is 0 Å². The topological polar surface area (TPSA) is 64.3 Å². The Morgan fingerprint density at radius 3 is 2.50 bits per heavy atom. The average Bonchev–Trinajstić information content (AvgIpc) is 2.43. The lowest BCUT2D eigenvalue weighted by atomic mass is 9.88. The second-order valence-electron chi connectivity index (χ2n) is 6.63. The molecule has 1 amide bonds. The molecule has 0 aromatic heterocycles. The Labute approximate surface area is 134 Å². The van der Waals surface area contributed by atoms with Crippen molar-refractivity contribution in [3.8, 4) is 5.75 Å². The van der Waals surface area contributed by atoms with Crippen LogP contribution in [0.4, 0.5) is 0 Å². The van der Waals surface area contributed by atoms with Crippen molar-refractivity contribution >= 4 is 5.91 Å². The van der Waals surface area contributed by atoms with E-state index in [2.05, 4.69) is 32.2 Å². The zero-order chi connectivity index (χ0) is 16.9. The molecule has 1 aromatic rings. The minimum absolute atomic E-state index is 0.0244. The summed E-state index contributed by atoms with van der Waals surface area (Å²) in [5, 5.41) is 3.02. The first-order valence-electron chi connectivity index (χ1n) is 7.91. The fourth-order valence-corrected chi connectivity index (χ4v) is 2.22.